The highest BCUT2D eigenvalue weighted by Crippen LogP contribution is 2.17. The Bertz CT molecular complexity index is 1020. The quantitative estimate of drug-likeness (QED) is 0.532. The van der Waals surface area contributed by atoms with E-state index in [-0.39, 0.29) is 47.7 Å². The number of rotatable bonds is 7. The van der Waals surface area contributed by atoms with Crippen molar-refractivity contribution in [1.82, 2.24) is 15.2 Å². The van der Waals surface area contributed by atoms with E-state index in [1.807, 2.05) is 36.1 Å². The maximum Gasteiger partial charge on any atom is 0.320 e. The van der Waals surface area contributed by atoms with Gasteiger partial charge in [0.1, 0.15) is 18.0 Å². The van der Waals surface area contributed by atoms with Crippen LogP contribution in [-0.2, 0) is 20.9 Å². The number of H-pyrrole nitrogens is 1. The molecule has 1 aromatic carbocycles. The fraction of sp³-hybridized carbons (Fsp3) is 0.409. The summed E-state index contributed by atoms with van der Waals surface area (Å²) in [6.45, 7) is 3.33. The number of hydrogen-bond acceptors (Lipinski definition) is 7. The van der Waals surface area contributed by atoms with Gasteiger partial charge in [-0.05, 0) is 25.0 Å². The number of nitrogens with one attached hydrogen (secondary N) is 2. The lowest BCUT2D eigenvalue weighted by molar-refractivity contribution is -0.147. The minimum atomic E-state index is -0.618. The molecule has 32 heavy (non-hydrogen) atoms. The minimum Gasteiger partial charge on any atom is -0.460 e. The Morgan fingerprint density at radius 2 is 2.03 bits per heavy atom. The third-order valence-corrected chi connectivity index (χ3v) is 5.71. The van der Waals surface area contributed by atoms with Gasteiger partial charge in [-0.15, -0.1) is 0 Å². The minimum absolute atomic E-state index is 0.00515. The van der Waals surface area contributed by atoms with Crippen molar-refractivity contribution in [3.63, 3.8) is 0 Å². The highest BCUT2D eigenvalue weighted by atomic mass is 35.5. The number of benzene rings is 1. The van der Waals surface area contributed by atoms with E-state index >= 15 is 0 Å². The number of methoxy groups -OCH3 is 1. The molecule has 1 saturated heterocycles. The molecule has 1 amide bonds. The lowest BCUT2D eigenvalue weighted by atomic mass is 10.0. The number of anilines is 1. The SMILES string of the molecule is CO[C@H]1CN(CC(=O)OCc2ccc(C)cc2)CC[C@H]1NC(=O)c1cc(Cl)c(N)[nH]c1=O. The number of ether oxygens (including phenoxy) is 2. The van der Waals surface area contributed by atoms with E-state index in [1.165, 1.54) is 13.2 Å². The molecule has 10 heteroatoms. The number of carbonyl (C=O) groups is 2. The van der Waals surface area contributed by atoms with E-state index in [0.717, 1.165) is 11.1 Å². The van der Waals surface area contributed by atoms with Gasteiger partial charge in [0.15, 0.2) is 0 Å². The Hall–Kier alpha value is -2.88. The van der Waals surface area contributed by atoms with Crippen LogP contribution < -0.4 is 16.6 Å². The fourth-order valence-corrected chi connectivity index (χ4v) is 3.69. The first-order chi connectivity index (χ1) is 15.3. The zero-order valence-electron chi connectivity index (χ0n) is 18.0. The number of aromatic amines is 1. The number of aryl methyl sites for hydroxylation is 1. The molecular weight excluding hydrogens is 436 g/mol. The molecule has 1 aliphatic heterocycles. The van der Waals surface area contributed by atoms with Gasteiger partial charge in [-0.1, -0.05) is 41.4 Å². The van der Waals surface area contributed by atoms with Crippen LogP contribution in [0.1, 0.15) is 27.9 Å². The van der Waals surface area contributed by atoms with Gasteiger partial charge >= 0.3 is 5.97 Å². The number of hydrogen-bond donors (Lipinski definition) is 3. The second-order valence-corrected chi connectivity index (χ2v) is 8.21. The molecule has 0 aliphatic carbocycles. The van der Waals surface area contributed by atoms with Crippen LogP contribution in [0.2, 0.25) is 5.02 Å². The van der Waals surface area contributed by atoms with Crippen molar-refractivity contribution in [3.05, 3.63) is 62.4 Å². The summed E-state index contributed by atoms with van der Waals surface area (Å²) < 4.78 is 10.9. The van der Waals surface area contributed by atoms with Gasteiger partial charge in [0, 0.05) is 20.2 Å². The van der Waals surface area contributed by atoms with E-state index in [0.29, 0.717) is 19.5 Å². The van der Waals surface area contributed by atoms with Crippen molar-refractivity contribution >= 4 is 29.3 Å². The van der Waals surface area contributed by atoms with Crippen LogP contribution >= 0.6 is 11.6 Å². The summed E-state index contributed by atoms with van der Waals surface area (Å²) in [6, 6.07) is 8.71. The van der Waals surface area contributed by atoms with Crippen molar-refractivity contribution in [2.24, 2.45) is 0 Å². The molecule has 0 unspecified atom stereocenters. The molecule has 172 valence electrons. The Morgan fingerprint density at radius 3 is 2.72 bits per heavy atom. The van der Waals surface area contributed by atoms with Crippen LogP contribution in [0.5, 0.6) is 0 Å². The number of pyridine rings is 1. The predicted molar refractivity (Wildman–Crippen MR) is 121 cm³/mol. The lowest BCUT2D eigenvalue weighted by Gasteiger charge is -2.37. The molecule has 2 heterocycles. The summed E-state index contributed by atoms with van der Waals surface area (Å²) in [5.41, 5.74) is 6.88. The maximum atomic E-state index is 12.6. The van der Waals surface area contributed by atoms with Crippen LogP contribution in [0.25, 0.3) is 0 Å². The zero-order valence-corrected chi connectivity index (χ0v) is 18.8. The molecular formula is C22H27ClN4O5. The third-order valence-electron chi connectivity index (χ3n) is 5.40. The molecule has 1 aromatic heterocycles. The Morgan fingerprint density at radius 1 is 1.31 bits per heavy atom. The lowest BCUT2D eigenvalue weighted by Crippen LogP contribution is -2.56. The van der Waals surface area contributed by atoms with E-state index in [1.54, 1.807) is 0 Å². The van der Waals surface area contributed by atoms with Crippen molar-refractivity contribution in [3.8, 4) is 0 Å². The molecule has 2 aromatic rings. The van der Waals surface area contributed by atoms with Crippen LogP contribution in [0, 0.1) is 6.92 Å². The largest absolute Gasteiger partial charge is 0.460 e. The average Bonchev–Trinajstić information content (AvgIpc) is 2.76. The summed E-state index contributed by atoms with van der Waals surface area (Å²) in [5, 5.41) is 2.92. The Kier molecular flexibility index (Phi) is 7.89. The second-order valence-electron chi connectivity index (χ2n) is 7.80. The molecule has 1 fully saturated rings. The standard InChI is InChI=1S/C22H27ClN4O5/c1-13-3-5-14(6-4-13)12-32-19(28)11-27-8-7-17(18(10-27)31-2)25-21(29)15-9-16(23)20(24)26-22(15)30/h3-6,9,17-18H,7-8,10-12H2,1-2H3,(H,25,29)(H3,24,26,30)/t17-,18+/m1/s1. The van der Waals surface area contributed by atoms with Crippen LogP contribution in [-0.4, -0.2) is 60.7 Å². The number of piperidine rings is 1. The molecule has 0 spiro atoms. The average molecular weight is 463 g/mol. The highest BCUT2D eigenvalue weighted by Gasteiger charge is 2.32. The number of nitrogens with two attached hydrogens (primary N) is 1. The Balaban J connectivity index is 1.52. The van der Waals surface area contributed by atoms with Gasteiger partial charge in [0.05, 0.1) is 23.7 Å². The molecule has 0 saturated carbocycles. The zero-order chi connectivity index (χ0) is 23.3. The number of carbonyl (C=O) groups excluding carboxylic acids is 2. The van der Waals surface area contributed by atoms with Crippen molar-refractivity contribution in [2.75, 3.05) is 32.5 Å². The molecule has 0 bridgehead atoms. The van der Waals surface area contributed by atoms with Gasteiger partial charge in [-0.25, -0.2) is 0 Å². The summed E-state index contributed by atoms with van der Waals surface area (Å²) in [7, 11) is 1.54. The second kappa shape index (κ2) is 10.6. The van der Waals surface area contributed by atoms with Gasteiger partial charge in [0.2, 0.25) is 0 Å². The van der Waals surface area contributed by atoms with Crippen LogP contribution in [0.15, 0.2) is 35.1 Å². The molecule has 4 N–H and O–H groups in total. The summed E-state index contributed by atoms with van der Waals surface area (Å²) in [5.74, 6) is -0.886. The molecule has 2 atom stereocenters. The van der Waals surface area contributed by atoms with Crippen LogP contribution in [0.4, 0.5) is 5.82 Å². The molecule has 0 radical (unpaired) electrons. The van der Waals surface area contributed by atoms with Gasteiger partial charge in [0.25, 0.3) is 11.5 Å². The van der Waals surface area contributed by atoms with Gasteiger partial charge in [-0.2, -0.15) is 0 Å². The van der Waals surface area contributed by atoms with Crippen molar-refractivity contribution in [2.45, 2.75) is 32.1 Å². The summed E-state index contributed by atoms with van der Waals surface area (Å²) in [4.78, 5) is 41.1. The van der Waals surface area contributed by atoms with E-state index < -0.39 is 11.5 Å². The first-order valence-electron chi connectivity index (χ1n) is 10.2. The predicted octanol–water partition coefficient (Wildman–Crippen LogP) is 1.48. The first-order valence-corrected chi connectivity index (χ1v) is 10.6. The van der Waals surface area contributed by atoms with Gasteiger partial charge in [-0.3, -0.25) is 19.3 Å². The van der Waals surface area contributed by atoms with Crippen molar-refractivity contribution < 1.29 is 19.1 Å². The summed E-state index contributed by atoms with van der Waals surface area (Å²) in [6.07, 6.45) is 0.178. The third kappa shape index (κ3) is 6.09. The number of esters is 1. The van der Waals surface area contributed by atoms with E-state index in [4.69, 9.17) is 26.8 Å². The molecule has 3 rings (SSSR count). The highest BCUT2D eigenvalue weighted by molar-refractivity contribution is 6.33. The van der Waals surface area contributed by atoms with E-state index in [2.05, 4.69) is 10.3 Å². The number of nitrogen functional groups attached to an aromatic ring is 1. The van der Waals surface area contributed by atoms with E-state index in [9.17, 15) is 14.4 Å². The topological polar surface area (TPSA) is 127 Å². The maximum absolute atomic E-state index is 12.6. The number of nitrogens with zero attached hydrogens (tertiary/aromatic N) is 1. The first kappa shape index (κ1) is 23.8. The smallest absolute Gasteiger partial charge is 0.320 e. The van der Waals surface area contributed by atoms with Crippen LogP contribution in [0.3, 0.4) is 0 Å². The normalized spacial score (nSPS) is 18.8. The number of likely N-dealkylation sites (tertiary alicyclic amines) is 1. The van der Waals surface area contributed by atoms with Crippen molar-refractivity contribution in [1.29, 1.82) is 0 Å². The van der Waals surface area contributed by atoms with Gasteiger partial charge < -0.3 is 25.5 Å². The summed E-state index contributed by atoms with van der Waals surface area (Å²) >= 11 is 5.92. The molecule has 1 aliphatic rings. The fourth-order valence-electron chi connectivity index (χ4n) is 3.54. The monoisotopic (exact) mass is 462 g/mol. The number of amides is 1. The molecule has 9 nitrogen and oxygen atoms in total. The number of aromatic nitrogens is 1. The number of halogens is 1. The Labute approximate surface area is 190 Å².